The molecule has 1 aromatic rings. The molecule has 1 aromatic heterocycles. The second-order valence-corrected chi connectivity index (χ2v) is 5.18. The lowest BCUT2D eigenvalue weighted by Crippen LogP contribution is -2.06. The Balaban J connectivity index is 3.26. The van der Waals surface area contributed by atoms with Crippen LogP contribution in [0, 0.1) is 0 Å². The van der Waals surface area contributed by atoms with Crippen molar-refractivity contribution in [3.8, 4) is 0 Å². The van der Waals surface area contributed by atoms with Crippen molar-refractivity contribution >= 4 is 19.7 Å². The monoisotopic (exact) mass is 208 g/mol. The maximum Gasteiger partial charge on any atom is 0.278 e. The van der Waals surface area contributed by atoms with Gasteiger partial charge in [-0.15, -0.1) is 0 Å². The lowest BCUT2D eigenvalue weighted by Gasteiger charge is -2.08. The van der Waals surface area contributed by atoms with E-state index in [0.717, 1.165) is 0 Å². The standard InChI is InChI=1S/C6H9ClN2O2S/c1-5(2)9-4-8-3-6(9)12(7,10)11/h3-5H,1-2H3. The first-order chi connectivity index (χ1) is 5.43. The van der Waals surface area contributed by atoms with Crippen LogP contribution in [0.2, 0.25) is 0 Å². The molecule has 1 rings (SSSR count). The second-order valence-electron chi connectivity index (χ2n) is 2.67. The molecule has 0 atom stereocenters. The summed E-state index contributed by atoms with van der Waals surface area (Å²) in [5.74, 6) is 0. The third kappa shape index (κ3) is 1.78. The summed E-state index contributed by atoms with van der Waals surface area (Å²) in [7, 11) is 1.50. The molecule has 6 heteroatoms. The Hall–Kier alpha value is -0.550. The fourth-order valence-electron chi connectivity index (χ4n) is 0.869. The van der Waals surface area contributed by atoms with Gasteiger partial charge in [0.1, 0.15) is 0 Å². The molecule has 12 heavy (non-hydrogen) atoms. The van der Waals surface area contributed by atoms with E-state index >= 15 is 0 Å². The van der Waals surface area contributed by atoms with Crippen LogP contribution in [0.5, 0.6) is 0 Å². The summed E-state index contributed by atoms with van der Waals surface area (Å²) in [5.41, 5.74) is 0. The SMILES string of the molecule is CC(C)n1cncc1S(=O)(=O)Cl. The van der Waals surface area contributed by atoms with E-state index in [0.29, 0.717) is 0 Å². The number of hydrogen-bond donors (Lipinski definition) is 0. The smallest absolute Gasteiger partial charge is 0.278 e. The third-order valence-corrected chi connectivity index (χ3v) is 2.73. The van der Waals surface area contributed by atoms with Crippen LogP contribution in [0.15, 0.2) is 17.6 Å². The first-order valence-electron chi connectivity index (χ1n) is 3.39. The molecule has 0 saturated carbocycles. The Morgan fingerprint density at radius 1 is 1.58 bits per heavy atom. The lowest BCUT2D eigenvalue weighted by atomic mass is 10.4. The van der Waals surface area contributed by atoms with Gasteiger partial charge in [0, 0.05) is 16.7 Å². The van der Waals surface area contributed by atoms with Crippen molar-refractivity contribution in [2.75, 3.05) is 0 Å². The highest BCUT2D eigenvalue weighted by Gasteiger charge is 2.16. The van der Waals surface area contributed by atoms with Crippen LogP contribution in [-0.4, -0.2) is 18.0 Å². The zero-order chi connectivity index (χ0) is 9.35. The highest BCUT2D eigenvalue weighted by Crippen LogP contribution is 2.17. The molecule has 1 heterocycles. The number of aromatic nitrogens is 2. The third-order valence-electron chi connectivity index (χ3n) is 1.44. The Bertz CT molecular complexity index is 369. The molecule has 0 aliphatic rings. The summed E-state index contributed by atoms with van der Waals surface area (Å²) < 4.78 is 23.4. The number of halogens is 1. The highest BCUT2D eigenvalue weighted by atomic mass is 35.7. The fourth-order valence-corrected chi connectivity index (χ4v) is 1.92. The van der Waals surface area contributed by atoms with Gasteiger partial charge in [-0.1, -0.05) is 0 Å². The minimum absolute atomic E-state index is 0.0380. The van der Waals surface area contributed by atoms with Gasteiger partial charge in [-0.2, -0.15) is 0 Å². The van der Waals surface area contributed by atoms with Gasteiger partial charge in [0.25, 0.3) is 9.05 Å². The number of nitrogens with zero attached hydrogens (tertiary/aromatic N) is 2. The normalized spacial score (nSPS) is 12.3. The Morgan fingerprint density at radius 3 is 2.50 bits per heavy atom. The van der Waals surface area contributed by atoms with Crippen LogP contribution < -0.4 is 0 Å². The molecule has 0 aromatic carbocycles. The van der Waals surface area contributed by atoms with Crippen molar-refractivity contribution in [2.24, 2.45) is 0 Å². The zero-order valence-electron chi connectivity index (χ0n) is 6.73. The number of imidazole rings is 1. The van der Waals surface area contributed by atoms with E-state index in [1.807, 2.05) is 13.8 Å². The zero-order valence-corrected chi connectivity index (χ0v) is 8.30. The molecule has 0 unspecified atom stereocenters. The molecular formula is C6H9ClN2O2S. The fraction of sp³-hybridized carbons (Fsp3) is 0.500. The molecule has 0 saturated heterocycles. The summed E-state index contributed by atoms with van der Waals surface area (Å²) in [5, 5.41) is 0.0409. The van der Waals surface area contributed by atoms with Gasteiger partial charge in [-0.25, -0.2) is 13.4 Å². The van der Waals surface area contributed by atoms with Crippen LogP contribution in [0.1, 0.15) is 19.9 Å². The maximum atomic E-state index is 10.9. The van der Waals surface area contributed by atoms with Gasteiger partial charge >= 0.3 is 0 Å². The second kappa shape index (κ2) is 3.06. The molecule has 4 nitrogen and oxygen atoms in total. The quantitative estimate of drug-likeness (QED) is 0.691. The van der Waals surface area contributed by atoms with Crippen LogP contribution in [0.3, 0.4) is 0 Å². The van der Waals surface area contributed by atoms with Crippen molar-refractivity contribution in [3.63, 3.8) is 0 Å². The predicted octanol–water partition coefficient (Wildman–Crippen LogP) is 1.39. The summed E-state index contributed by atoms with van der Waals surface area (Å²) in [6.45, 7) is 3.71. The van der Waals surface area contributed by atoms with Crippen molar-refractivity contribution in [3.05, 3.63) is 12.5 Å². The van der Waals surface area contributed by atoms with E-state index in [1.165, 1.54) is 17.1 Å². The summed E-state index contributed by atoms with van der Waals surface area (Å²) in [6.07, 6.45) is 2.68. The Labute approximate surface area is 75.6 Å². The van der Waals surface area contributed by atoms with Crippen molar-refractivity contribution in [1.29, 1.82) is 0 Å². The van der Waals surface area contributed by atoms with Crippen LogP contribution in [0.4, 0.5) is 0 Å². The van der Waals surface area contributed by atoms with Gasteiger partial charge in [0.2, 0.25) is 0 Å². The summed E-state index contributed by atoms with van der Waals surface area (Å²) >= 11 is 0. The molecule has 0 aliphatic heterocycles. The van der Waals surface area contributed by atoms with E-state index in [2.05, 4.69) is 4.98 Å². The van der Waals surface area contributed by atoms with Crippen molar-refractivity contribution < 1.29 is 8.42 Å². The van der Waals surface area contributed by atoms with Crippen LogP contribution >= 0.6 is 10.7 Å². The highest BCUT2D eigenvalue weighted by molar-refractivity contribution is 8.13. The van der Waals surface area contributed by atoms with E-state index in [4.69, 9.17) is 10.7 Å². The maximum absolute atomic E-state index is 10.9. The summed E-state index contributed by atoms with van der Waals surface area (Å²) in [6, 6.07) is 0.0380. The molecule has 0 radical (unpaired) electrons. The Morgan fingerprint density at radius 2 is 2.17 bits per heavy atom. The molecule has 0 spiro atoms. The minimum Gasteiger partial charge on any atom is -0.318 e. The van der Waals surface area contributed by atoms with Gasteiger partial charge in [-0.3, -0.25) is 0 Å². The topological polar surface area (TPSA) is 52.0 Å². The first kappa shape index (κ1) is 9.54. The molecule has 0 aliphatic carbocycles. The van der Waals surface area contributed by atoms with Gasteiger partial charge < -0.3 is 4.57 Å². The van der Waals surface area contributed by atoms with Gasteiger partial charge in [-0.05, 0) is 13.8 Å². The molecule has 0 fully saturated rings. The predicted molar refractivity (Wildman–Crippen MR) is 45.7 cm³/mol. The molecular weight excluding hydrogens is 200 g/mol. The number of hydrogen-bond acceptors (Lipinski definition) is 3. The largest absolute Gasteiger partial charge is 0.318 e. The van der Waals surface area contributed by atoms with E-state index in [9.17, 15) is 8.42 Å². The van der Waals surface area contributed by atoms with Gasteiger partial charge in [0.15, 0.2) is 5.03 Å². The minimum atomic E-state index is -3.66. The molecule has 68 valence electrons. The van der Waals surface area contributed by atoms with Gasteiger partial charge in [0.05, 0.1) is 12.5 Å². The van der Waals surface area contributed by atoms with Crippen molar-refractivity contribution in [1.82, 2.24) is 9.55 Å². The average Bonchev–Trinajstić information content (AvgIpc) is 2.30. The molecule has 0 N–H and O–H groups in total. The number of rotatable bonds is 2. The molecule has 0 bridgehead atoms. The van der Waals surface area contributed by atoms with Crippen LogP contribution in [-0.2, 0) is 9.05 Å². The first-order valence-corrected chi connectivity index (χ1v) is 5.70. The molecule has 0 amide bonds. The van der Waals surface area contributed by atoms with E-state index in [-0.39, 0.29) is 11.1 Å². The van der Waals surface area contributed by atoms with Crippen LogP contribution in [0.25, 0.3) is 0 Å². The summed E-state index contributed by atoms with van der Waals surface area (Å²) in [4.78, 5) is 3.71. The Kier molecular flexibility index (Phi) is 2.44. The van der Waals surface area contributed by atoms with Crippen molar-refractivity contribution in [2.45, 2.75) is 24.9 Å². The van der Waals surface area contributed by atoms with E-state index < -0.39 is 9.05 Å². The lowest BCUT2D eigenvalue weighted by molar-refractivity contribution is 0.538. The van der Waals surface area contributed by atoms with E-state index in [1.54, 1.807) is 0 Å². The average molecular weight is 209 g/mol.